The van der Waals surface area contributed by atoms with Crippen molar-refractivity contribution in [3.63, 3.8) is 0 Å². The van der Waals surface area contributed by atoms with E-state index in [-0.39, 0.29) is 23.0 Å². The SMILES string of the molecule is CCOc1ccc(C2C(C(=O)Nc3cc([N+](=O)[O-])ccc3OC)c3ccccc3C(=O)N2CCN2CCOCC2)cc1. The molecule has 0 saturated carbocycles. The first-order valence-corrected chi connectivity index (χ1v) is 14.0. The molecule has 0 aliphatic carbocycles. The number of amides is 2. The van der Waals surface area contributed by atoms with E-state index in [9.17, 15) is 19.7 Å². The smallest absolute Gasteiger partial charge is 0.271 e. The Hall–Kier alpha value is -4.48. The van der Waals surface area contributed by atoms with Crippen LogP contribution in [0, 0.1) is 10.1 Å². The second-order valence-electron chi connectivity index (χ2n) is 10.1. The minimum Gasteiger partial charge on any atom is -0.495 e. The number of fused-ring (bicyclic) bond motifs is 1. The van der Waals surface area contributed by atoms with Crippen molar-refractivity contribution < 1.29 is 28.7 Å². The maximum Gasteiger partial charge on any atom is 0.271 e. The zero-order chi connectivity index (χ0) is 29.6. The van der Waals surface area contributed by atoms with Crippen LogP contribution in [0.3, 0.4) is 0 Å². The maximum absolute atomic E-state index is 14.3. The normalized spacial score (nSPS) is 18.7. The van der Waals surface area contributed by atoms with Crippen LogP contribution < -0.4 is 14.8 Å². The lowest BCUT2D eigenvalue weighted by Crippen LogP contribution is -2.49. The number of carbonyl (C=O) groups excluding carboxylic acids is 2. The van der Waals surface area contributed by atoms with Gasteiger partial charge in [0, 0.05) is 43.9 Å². The van der Waals surface area contributed by atoms with Crippen molar-refractivity contribution in [2.75, 3.05) is 58.4 Å². The highest BCUT2D eigenvalue weighted by Gasteiger charge is 2.44. The largest absolute Gasteiger partial charge is 0.495 e. The molecule has 0 radical (unpaired) electrons. The van der Waals surface area contributed by atoms with Gasteiger partial charge in [0.05, 0.1) is 49.5 Å². The maximum atomic E-state index is 14.3. The summed E-state index contributed by atoms with van der Waals surface area (Å²) in [5, 5.41) is 14.4. The monoisotopic (exact) mass is 574 g/mol. The van der Waals surface area contributed by atoms with Crippen LogP contribution in [0.4, 0.5) is 11.4 Å². The van der Waals surface area contributed by atoms with E-state index in [1.807, 2.05) is 31.2 Å². The summed E-state index contributed by atoms with van der Waals surface area (Å²) in [7, 11) is 1.43. The minimum absolute atomic E-state index is 0.158. The Labute approximate surface area is 244 Å². The fourth-order valence-electron chi connectivity index (χ4n) is 5.61. The number of hydrogen-bond acceptors (Lipinski definition) is 8. The summed E-state index contributed by atoms with van der Waals surface area (Å²) >= 11 is 0. The van der Waals surface area contributed by atoms with Crippen molar-refractivity contribution in [1.29, 1.82) is 0 Å². The van der Waals surface area contributed by atoms with E-state index in [1.165, 1.54) is 25.3 Å². The number of nitrogens with zero attached hydrogens (tertiary/aromatic N) is 3. The van der Waals surface area contributed by atoms with E-state index in [0.29, 0.717) is 49.8 Å². The third kappa shape index (κ3) is 6.07. The zero-order valence-electron chi connectivity index (χ0n) is 23.7. The van der Waals surface area contributed by atoms with Gasteiger partial charge in [-0.3, -0.25) is 24.6 Å². The summed E-state index contributed by atoms with van der Waals surface area (Å²) in [6.45, 7) is 6.24. The van der Waals surface area contributed by atoms with E-state index in [4.69, 9.17) is 14.2 Å². The molecule has 3 aromatic rings. The van der Waals surface area contributed by atoms with Crippen molar-refractivity contribution >= 4 is 23.2 Å². The molecule has 2 aliphatic rings. The molecule has 2 amide bonds. The van der Waals surface area contributed by atoms with E-state index in [2.05, 4.69) is 10.2 Å². The lowest BCUT2D eigenvalue weighted by molar-refractivity contribution is -0.384. The molecular formula is C31H34N4O7. The lowest BCUT2D eigenvalue weighted by Gasteiger charge is -2.43. The van der Waals surface area contributed by atoms with Crippen LogP contribution in [-0.2, 0) is 9.53 Å². The van der Waals surface area contributed by atoms with Crippen LogP contribution in [0.5, 0.6) is 11.5 Å². The topological polar surface area (TPSA) is 123 Å². The van der Waals surface area contributed by atoms with Gasteiger partial charge in [0.2, 0.25) is 5.91 Å². The average molecular weight is 575 g/mol. The molecule has 11 heteroatoms. The molecule has 2 aliphatic heterocycles. The number of anilines is 1. The van der Waals surface area contributed by atoms with Gasteiger partial charge in [-0.2, -0.15) is 0 Å². The van der Waals surface area contributed by atoms with Crippen molar-refractivity contribution in [3.8, 4) is 11.5 Å². The van der Waals surface area contributed by atoms with Gasteiger partial charge in [-0.25, -0.2) is 0 Å². The van der Waals surface area contributed by atoms with Gasteiger partial charge < -0.3 is 24.4 Å². The van der Waals surface area contributed by atoms with Crippen molar-refractivity contribution in [3.05, 3.63) is 93.5 Å². The number of morpholine rings is 1. The van der Waals surface area contributed by atoms with Gasteiger partial charge in [-0.05, 0) is 42.3 Å². The van der Waals surface area contributed by atoms with Gasteiger partial charge in [0.1, 0.15) is 11.5 Å². The quantitative estimate of drug-likeness (QED) is 0.282. The molecule has 3 aromatic carbocycles. The summed E-state index contributed by atoms with van der Waals surface area (Å²) < 4.78 is 16.5. The average Bonchev–Trinajstić information content (AvgIpc) is 3.01. The fourth-order valence-corrected chi connectivity index (χ4v) is 5.61. The molecule has 42 heavy (non-hydrogen) atoms. The summed E-state index contributed by atoms with van der Waals surface area (Å²) in [5.41, 5.74) is 1.81. The van der Waals surface area contributed by atoms with Gasteiger partial charge >= 0.3 is 0 Å². The number of nitrogens with one attached hydrogen (secondary N) is 1. The predicted molar refractivity (Wildman–Crippen MR) is 156 cm³/mol. The summed E-state index contributed by atoms with van der Waals surface area (Å²) in [4.78, 5) is 43.3. The molecule has 1 saturated heterocycles. The number of methoxy groups -OCH3 is 1. The van der Waals surface area contributed by atoms with Gasteiger partial charge in [0.15, 0.2) is 0 Å². The molecule has 11 nitrogen and oxygen atoms in total. The van der Waals surface area contributed by atoms with E-state index in [0.717, 1.165) is 18.7 Å². The number of benzene rings is 3. The molecule has 0 spiro atoms. The van der Waals surface area contributed by atoms with E-state index >= 15 is 0 Å². The third-order valence-electron chi connectivity index (χ3n) is 7.67. The predicted octanol–water partition coefficient (Wildman–Crippen LogP) is 4.25. The summed E-state index contributed by atoms with van der Waals surface area (Å²) in [6.07, 6.45) is 0. The van der Waals surface area contributed by atoms with Crippen LogP contribution in [0.15, 0.2) is 66.7 Å². The first kappa shape index (κ1) is 29.0. The van der Waals surface area contributed by atoms with Crippen LogP contribution in [0.25, 0.3) is 0 Å². The van der Waals surface area contributed by atoms with Gasteiger partial charge in [-0.15, -0.1) is 0 Å². The highest BCUT2D eigenvalue weighted by Crippen LogP contribution is 2.44. The number of nitro groups is 1. The molecular weight excluding hydrogens is 540 g/mol. The van der Waals surface area contributed by atoms with Gasteiger partial charge in [-0.1, -0.05) is 30.3 Å². The molecule has 5 rings (SSSR count). The Morgan fingerprint density at radius 3 is 2.50 bits per heavy atom. The molecule has 220 valence electrons. The number of non-ortho nitro benzene ring substituents is 1. The standard InChI is InChI=1S/C31H34N4O7/c1-3-42-23-11-8-21(9-12-23)29-28(30(36)32-26-20-22(35(38)39)10-13-27(26)40-2)24-6-4-5-7-25(24)31(37)34(29)15-14-33-16-18-41-19-17-33/h4-13,20,28-29H,3,14-19H2,1-2H3,(H,32,36). The second-order valence-corrected chi connectivity index (χ2v) is 10.1. The fraction of sp³-hybridized carbons (Fsp3) is 0.355. The van der Waals surface area contributed by atoms with Crippen LogP contribution in [0.1, 0.15) is 40.4 Å². The summed E-state index contributed by atoms with van der Waals surface area (Å²) in [5.74, 6) is -0.411. The van der Waals surface area contributed by atoms with E-state index < -0.39 is 22.8 Å². The molecule has 1 fully saturated rings. The molecule has 1 N–H and O–H groups in total. The first-order chi connectivity index (χ1) is 20.4. The van der Waals surface area contributed by atoms with Crippen molar-refractivity contribution in [1.82, 2.24) is 9.80 Å². The highest BCUT2D eigenvalue weighted by molar-refractivity contribution is 6.05. The Kier molecular flexibility index (Phi) is 8.99. The Balaban J connectivity index is 1.57. The van der Waals surface area contributed by atoms with Crippen LogP contribution in [-0.4, -0.2) is 79.6 Å². The number of ether oxygens (including phenoxy) is 3. The van der Waals surface area contributed by atoms with Gasteiger partial charge in [0.25, 0.3) is 11.6 Å². The molecule has 0 aromatic heterocycles. The van der Waals surface area contributed by atoms with Crippen LogP contribution in [0.2, 0.25) is 0 Å². The zero-order valence-corrected chi connectivity index (χ0v) is 23.7. The Morgan fingerprint density at radius 2 is 1.81 bits per heavy atom. The number of nitro benzene ring substituents is 1. The molecule has 2 heterocycles. The van der Waals surface area contributed by atoms with Crippen molar-refractivity contribution in [2.24, 2.45) is 0 Å². The summed E-state index contributed by atoms with van der Waals surface area (Å²) in [6, 6.07) is 18.0. The Morgan fingerprint density at radius 1 is 1.07 bits per heavy atom. The number of rotatable bonds is 10. The lowest BCUT2D eigenvalue weighted by atomic mass is 9.79. The minimum atomic E-state index is -0.814. The molecule has 2 unspecified atom stereocenters. The number of hydrogen-bond donors (Lipinski definition) is 1. The molecule has 0 bridgehead atoms. The highest BCUT2D eigenvalue weighted by atomic mass is 16.6. The Bertz CT molecular complexity index is 1440. The third-order valence-corrected chi connectivity index (χ3v) is 7.67. The molecule has 2 atom stereocenters. The van der Waals surface area contributed by atoms with Crippen molar-refractivity contribution in [2.45, 2.75) is 18.9 Å². The second kappa shape index (κ2) is 13.0. The number of carbonyl (C=O) groups is 2. The van der Waals surface area contributed by atoms with Crippen LogP contribution >= 0.6 is 0 Å². The first-order valence-electron chi connectivity index (χ1n) is 14.0. The van der Waals surface area contributed by atoms with E-state index in [1.54, 1.807) is 29.2 Å².